The van der Waals surface area contributed by atoms with Gasteiger partial charge in [0.2, 0.25) is 5.88 Å². The van der Waals surface area contributed by atoms with Crippen LogP contribution in [0.25, 0.3) is 0 Å². The average molecular weight is 280 g/mol. The maximum Gasteiger partial charge on any atom is 0.218 e. The molecule has 0 aliphatic carbocycles. The minimum Gasteiger partial charge on any atom is -0.476 e. The third-order valence-corrected chi connectivity index (χ3v) is 3.55. The molecular formula is C14H24N4O2. The first-order valence-electron chi connectivity index (χ1n) is 7.23. The van der Waals surface area contributed by atoms with Crippen molar-refractivity contribution in [1.29, 1.82) is 0 Å². The van der Waals surface area contributed by atoms with Crippen LogP contribution in [0.15, 0.2) is 6.07 Å². The van der Waals surface area contributed by atoms with Crippen molar-refractivity contribution in [2.45, 2.75) is 38.8 Å². The lowest BCUT2D eigenvalue weighted by atomic mass is 10.0. The number of nitrogens with two attached hydrogens (primary N) is 1. The average Bonchev–Trinajstić information content (AvgIpc) is 2.44. The van der Waals surface area contributed by atoms with Crippen molar-refractivity contribution in [3.05, 3.63) is 11.9 Å². The Morgan fingerprint density at radius 1 is 1.40 bits per heavy atom. The first-order valence-corrected chi connectivity index (χ1v) is 7.23. The highest BCUT2D eigenvalue weighted by molar-refractivity contribution is 5.32. The van der Waals surface area contributed by atoms with Crippen LogP contribution in [-0.4, -0.2) is 47.7 Å². The largest absolute Gasteiger partial charge is 0.476 e. The van der Waals surface area contributed by atoms with E-state index in [9.17, 15) is 0 Å². The minimum absolute atomic E-state index is 0.362. The molecule has 1 fully saturated rings. The van der Waals surface area contributed by atoms with Crippen molar-refractivity contribution in [3.63, 3.8) is 0 Å². The maximum atomic E-state index is 5.79. The molecule has 6 heteroatoms. The third-order valence-electron chi connectivity index (χ3n) is 3.55. The number of likely N-dealkylation sites (N-methyl/N-ethyl adjacent to an activating group) is 1. The van der Waals surface area contributed by atoms with E-state index in [4.69, 9.17) is 15.2 Å². The molecule has 2 N–H and O–H groups in total. The van der Waals surface area contributed by atoms with Crippen molar-refractivity contribution in [3.8, 4) is 5.88 Å². The Hall–Kier alpha value is -1.40. The van der Waals surface area contributed by atoms with Gasteiger partial charge in [-0.2, -0.15) is 4.98 Å². The van der Waals surface area contributed by atoms with E-state index in [0.717, 1.165) is 6.54 Å². The number of aromatic nitrogens is 2. The Bertz CT molecular complexity index is 428. The molecule has 2 heterocycles. The van der Waals surface area contributed by atoms with E-state index in [-0.39, 0.29) is 0 Å². The lowest BCUT2D eigenvalue weighted by Crippen LogP contribution is -2.40. The number of ether oxygens (including phenoxy) is 2. The second-order valence-electron chi connectivity index (χ2n) is 5.13. The highest BCUT2D eigenvalue weighted by Crippen LogP contribution is 2.17. The second-order valence-corrected chi connectivity index (χ2v) is 5.13. The van der Waals surface area contributed by atoms with Gasteiger partial charge >= 0.3 is 0 Å². The predicted octanol–water partition coefficient (Wildman–Crippen LogP) is 1.46. The molecule has 1 aliphatic rings. The van der Waals surface area contributed by atoms with Crippen LogP contribution in [0.5, 0.6) is 5.88 Å². The summed E-state index contributed by atoms with van der Waals surface area (Å²) in [6.45, 7) is 4.70. The van der Waals surface area contributed by atoms with E-state index in [0.29, 0.717) is 43.4 Å². The quantitative estimate of drug-likeness (QED) is 0.850. The highest BCUT2D eigenvalue weighted by Gasteiger charge is 2.19. The summed E-state index contributed by atoms with van der Waals surface area (Å²) in [7, 11) is 2.14. The lowest BCUT2D eigenvalue weighted by Gasteiger charge is -2.31. The van der Waals surface area contributed by atoms with Crippen LogP contribution in [0.3, 0.4) is 0 Å². The molecule has 1 atom stereocenters. The number of nitrogen functional groups attached to an aromatic ring is 1. The maximum absolute atomic E-state index is 5.79. The molecule has 20 heavy (non-hydrogen) atoms. The first kappa shape index (κ1) is 15.0. The van der Waals surface area contributed by atoms with Gasteiger partial charge in [0.05, 0.1) is 0 Å². The molecular weight excluding hydrogens is 256 g/mol. The fourth-order valence-electron chi connectivity index (χ4n) is 2.36. The monoisotopic (exact) mass is 280 g/mol. The van der Waals surface area contributed by atoms with E-state index in [2.05, 4.69) is 21.9 Å². The molecule has 1 saturated heterocycles. The summed E-state index contributed by atoms with van der Waals surface area (Å²) in [6, 6.07) is 2.12. The summed E-state index contributed by atoms with van der Waals surface area (Å²) in [5, 5.41) is 0. The number of hydrogen-bond donors (Lipinski definition) is 1. The highest BCUT2D eigenvalue weighted by atomic mass is 16.5. The first-order chi connectivity index (χ1) is 9.69. The molecule has 112 valence electrons. The van der Waals surface area contributed by atoms with Crippen LogP contribution >= 0.6 is 0 Å². The normalized spacial score (nSPS) is 20.0. The molecule has 0 amide bonds. The fourth-order valence-corrected chi connectivity index (χ4v) is 2.36. The zero-order chi connectivity index (χ0) is 14.4. The summed E-state index contributed by atoms with van der Waals surface area (Å²) in [6.07, 6.45) is 3.70. The van der Waals surface area contributed by atoms with Crippen LogP contribution in [0.4, 0.5) is 5.82 Å². The number of nitrogens with zero attached hydrogens (tertiary/aromatic N) is 3. The van der Waals surface area contributed by atoms with Gasteiger partial charge in [-0.05, 0) is 33.4 Å². The Balaban J connectivity index is 1.92. The summed E-state index contributed by atoms with van der Waals surface area (Å²) >= 11 is 0. The molecule has 0 bridgehead atoms. The lowest BCUT2D eigenvalue weighted by molar-refractivity contribution is 0.117. The second kappa shape index (κ2) is 7.40. The van der Waals surface area contributed by atoms with Gasteiger partial charge in [0, 0.05) is 18.7 Å². The zero-order valence-corrected chi connectivity index (χ0v) is 12.3. The molecule has 0 spiro atoms. The van der Waals surface area contributed by atoms with Gasteiger partial charge in [-0.3, -0.25) is 0 Å². The van der Waals surface area contributed by atoms with Gasteiger partial charge in [0.1, 0.15) is 19.0 Å². The zero-order valence-electron chi connectivity index (χ0n) is 12.3. The van der Waals surface area contributed by atoms with Crippen molar-refractivity contribution >= 4 is 5.82 Å². The Kier molecular flexibility index (Phi) is 5.55. The van der Waals surface area contributed by atoms with Crippen LogP contribution in [0.1, 0.15) is 32.0 Å². The van der Waals surface area contributed by atoms with Crippen LogP contribution < -0.4 is 10.5 Å². The molecule has 0 aromatic carbocycles. The van der Waals surface area contributed by atoms with Gasteiger partial charge in [0.15, 0.2) is 5.82 Å². The van der Waals surface area contributed by atoms with E-state index < -0.39 is 0 Å². The molecule has 1 aromatic heterocycles. The van der Waals surface area contributed by atoms with Crippen molar-refractivity contribution in [2.24, 2.45) is 0 Å². The van der Waals surface area contributed by atoms with Crippen LogP contribution in [0, 0.1) is 0 Å². The van der Waals surface area contributed by atoms with Crippen LogP contribution in [-0.2, 0) is 11.3 Å². The number of rotatable bonds is 6. The van der Waals surface area contributed by atoms with Gasteiger partial charge < -0.3 is 20.1 Å². The van der Waals surface area contributed by atoms with Crippen molar-refractivity contribution in [2.75, 3.05) is 32.5 Å². The van der Waals surface area contributed by atoms with Gasteiger partial charge in [-0.1, -0.05) is 6.42 Å². The number of piperidine rings is 1. The molecule has 2 rings (SSSR count). The third kappa shape index (κ3) is 4.31. The summed E-state index contributed by atoms with van der Waals surface area (Å²) in [5.74, 6) is 1.52. The van der Waals surface area contributed by atoms with E-state index >= 15 is 0 Å². The number of hydrogen-bond acceptors (Lipinski definition) is 6. The molecule has 0 saturated carbocycles. The Morgan fingerprint density at radius 2 is 2.25 bits per heavy atom. The molecule has 1 aromatic rings. The molecule has 6 nitrogen and oxygen atoms in total. The van der Waals surface area contributed by atoms with E-state index in [1.54, 1.807) is 6.07 Å². The van der Waals surface area contributed by atoms with E-state index in [1.807, 2.05) is 6.92 Å². The smallest absolute Gasteiger partial charge is 0.218 e. The molecule has 1 aliphatic heterocycles. The van der Waals surface area contributed by atoms with Crippen molar-refractivity contribution in [1.82, 2.24) is 14.9 Å². The summed E-state index contributed by atoms with van der Waals surface area (Å²) < 4.78 is 11.1. The topological polar surface area (TPSA) is 73.5 Å². The number of anilines is 1. The molecule has 1 unspecified atom stereocenters. The SMILES string of the molecule is CCOCc1nc(N)cc(OCC2CCCCN2C)n1. The Labute approximate surface area is 120 Å². The van der Waals surface area contributed by atoms with Gasteiger partial charge in [0.25, 0.3) is 0 Å². The standard InChI is InChI=1S/C14H24N4O2/c1-3-19-10-13-16-12(15)8-14(17-13)20-9-11-6-4-5-7-18(11)2/h8,11H,3-7,9-10H2,1-2H3,(H2,15,16,17). The van der Waals surface area contributed by atoms with Crippen molar-refractivity contribution < 1.29 is 9.47 Å². The molecule has 0 radical (unpaired) electrons. The van der Waals surface area contributed by atoms with E-state index in [1.165, 1.54) is 19.3 Å². The fraction of sp³-hybridized carbons (Fsp3) is 0.714. The summed E-state index contributed by atoms with van der Waals surface area (Å²) in [4.78, 5) is 10.8. The predicted molar refractivity (Wildman–Crippen MR) is 77.5 cm³/mol. The summed E-state index contributed by atoms with van der Waals surface area (Å²) in [5.41, 5.74) is 5.77. The number of likely N-dealkylation sites (tertiary alicyclic amines) is 1. The van der Waals surface area contributed by atoms with Gasteiger partial charge in [-0.25, -0.2) is 4.98 Å². The van der Waals surface area contributed by atoms with Gasteiger partial charge in [-0.15, -0.1) is 0 Å². The Morgan fingerprint density at radius 3 is 3.00 bits per heavy atom. The van der Waals surface area contributed by atoms with Crippen LogP contribution in [0.2, 0.25) is 0 Å². The minimum atomic E-state index is 0.362.